The largest absolute Gasteiger partial charge is 0.384 e. The van der Waals surface area contributed by atoms with Crippen molar-refractivity contribution >= 4 is 11.5 Å². The minimum absolute atomic E-state index is 0.0929. The summed E-state index contributed by atoms with van der Waals surface area (Å²) in [5.41, 5.74) is 7.78. The molecule has 8 heteroatoms. The fourth-order valence-corrected chi connectivity index (χ4v) is 3.65. The predicted octanol–water partition coefficient (Wildman–Crippen LogP) is 1.26. The third-order valence-corrected chi connectivity index (χ3v) is 4.81. The van der Waals surface area contributed by atoms with Gasteiger partial charge in [-0.2, -0.15) is 0 Å². The monoisotopic (exact) mass is 350 g/mol. The molecule has 3 atom stereocenters. The molecule has 0 radical (unpaired) electrons. The van der Waals surface area contributed by atoms with Crippen molar-refractivity contribution < 1.29 is 18.6 Å². The molecule has 0 bridgehead atoms. The van der Waals surface area contributed by atoms with Crippen LogP contribution in [0.1, 0.15) is 12.0 Å². The number of fused-ring (bicyclic) bond motifs is 1. The Kier molecular flexibility index (Phi) is 3.88. The Hall–Kier alpha value is -2.19. The summed E-state index contributed by atoms with van der Waals surface area (Å²) in [7, 11) is 0. The summed E-state index contributed by atoms with van der Waals surface area (Å²) >= 11 is 0. The Morgan fingerprint density at radius 1 is 1.36 bits per heavy atom. The quantitative estimate of drug-likeness (QED) is 0.859. The molecule has 3 heterocycles. The Balaban J connectivity index is 1.47. The molecular formula is C17H20F2N4O2. The number of anilines is 1. The predicted molar refractivity (Wildman–Crippen MR) is 89.2 cm³/mol. The number of hydrogen-bond acceptors (Lipinski definition) is 6. The molecule has 1 saturated heterocycles. The van der Waals surface area contributed by atoms with E-state index in [1.165, 1.54) is 17.8 Å². The smallest absolute Gasteiger partial charge is 0.294 e. The molecule has 1 aromatic carbocycles. The van der Waals surface area contributed by atoms with Crippen LogP contribution in [0.15, 0.2) is 41.5 Å². The van der Waals surface area contributed by atoms with Gasteiger partial charge in [-0.25, -0.2) is 13.8 Å². The molecular weight excluding hydrogens is 330 g/mol. The van der Waals surface area contributed by atoms with Gasteiger partial charge in [0.2, 0.25) is 6.35 Å². The summed E-state index contributed by atoms with van der Waals surface area (Å²) in [4.78, 5) is 6.79. The number of nitrogens with two attached hydrogens (primary N) is 1. The normalized spacial score (nSPS) is 30.5. The van der Waals surface area contributed by atoms with Gasteiger partial charge in [0, 0.05) is 31.4 Å². The van der Waals surface area contributed by atoms with E-state index in [4.69, 9.17) is 10.5 Å². The topological polar surface area (TPSA) is 74.3 Å². The molecule has 0 saturated carbocycles. The first-order valence-corrected chi connectivity index (χ1v) is 8.27. The molecule has 1 aromatic rings. The fourth-order valence-electron chi connectivity index (χ4n) is 3.65. The minimum Gasteiger partial charge on any atom is -0.384 e. The molecule has 0 spiro atoms. The van der Waals surface area contributed by atoms with Crippen LogP contribution in [0.3, 0.4) is 0 Å². The summed E-state index contributed by atoms with van der Waals surface area (Å²) in [5, 5.41) is 9.92. The Morgan fingerprint density at radius 2 is 2.16 bits per heavy atom. The number of aliphatic hydroxyl groups excluding tert-OH is 1. The highest BCUT2D eigenvalue weighted by Gasteiger charge is 2.54. The number of amidine groups is 1. The molecule has 0 aromatic heterocycles. The van der Waals surface area contributed by atoms with Crippen LogP contribution in [0.2, 0.25) is 0 Å². The molecule has 0 amide bonds. The molecule has 3 aliphatic rings. The first-order valence-electron chi connectivity index (χ1n) is 8.27. The number of aliphatic imine (C=N–C) groups is 1. The average molecular weight is 350 g/mol. The number of benzene rings is 1. The molecule has 1 fully saturated rings. The number of rotatable bonds is 3. The number of ether oxygens (including phenoxy) is 1. The maximum atomic E-state index is 14.5. The third-order valence-electron chi connectivity index (χ3n) is 4.81. The molecule has 6 nitrogen and oxygen atoms in total. The van der Waals surface area contributed by atoms with Gasteiger partial charge in [0.15, 0.2) is 6.23 Å². The summed E-state index contributed by atoms with van der Waals surface area (Å²) in [6.07, 6.45) is -0.466. The second kappa shape index (κ2) is 5.96. The third kappa shape index (κ3) is 2.96. The number of nitrogens with zero attached hydrogens (tertiary/aromatic N) is 3. The maximum absolute atomic E-state index is 14.5. The Labute approximate surface area is 144 Å². The Bertz CT molecular complexity index is 724. The molecule has 4 rings (SSSR count). The van der Waals surface area contributed by atoms with E-state index < -0.39 is 31.0 Å². The zero-order valence-electron chi connectivity index (χ0n) is 13.6. The van der Waals surface area contributed by atoms with Gasteiger partial charge >= 0.3 is 0 Å². The van der Waals surface area contributed by atoms with Crippen LogP contribution in [-0.4, -0.2) is 53.5 Å². The van der Waals surface area contributed by atoms with Crippen LogP contribution >= 0.6 is 0 Å². The van der Waals surface area contributed by atoms with E-state index in [1.807, 2.05) is 18.2 Å². The van der Waals surface area contributed by atoms with E-state index in [0.29, 0.717) is 6.54 Å². The van der Waals surface area contributed by atoms with E-state index in [1.54, 1.807) is 0 Å². The molecule has 3 aliphatic heterocycles. The SMILES string of the molecule is NC1=NC(O)N([C@@H]2O[C@H](CN3CCc4ccccc43)CC2(F)F)C=C1. The van der Waals surface area contributed by atoms with E-state index in [2.05, 4.69) is 16.0 Å². The number of hydrogen-bond donors (Lipinski definition) is 2. The standard InChI is InChI=1S/C17H20F2N4O2/c18-17(19)9-12(10-22-7-5-11-3-1-2-4-13(11)22)25-15(17)23-8-6-14(20)21-16(23)24/h1-4,6,8,12,15-16,24H,5,7,9-10H2,(H2,20,21)/t12-,15+,16?/m0/s1. The lowest BCUT2D eigenvalue weighted by atomic mass is 10.1. The minimum atomic E-state index is -3.09. The van der Waals surface area contributed by atoms with Gasteiger partial charge in [-0.05, 0) is 24.1 Å². The highest BCUT2D eigenvalue weighted by Crippen LogP contribution is 2.40. The van der Waals surface area contributed by atoms with E-state index >= 15 is 0 Å². The van der Waals surface area contributed by atoms with E-state index in [9.17, 15) is 13.9 Å². The lowest BCUT2D eigenvalue weighted by molar-refractivity contribution is -0.173. The van der Waals surface area contributed by atoms with E-state index in [0.717, 1.165) is 23.6 Å². The molecule has 1 unspecified atom stereocenters. The van der Waals surface area contributed by atoms with Crippen molar-refractivity contribution in [2.24, 2.45) is 10.7 Å². The van der Waals surface area contributed by atoms with Gasteiger partial charge < -0.3 is 25.4 Å². The van der Waals surface area contributed by atoms with Crippen molar-refractivity contribution in [2.75, 3.05) is 18.0 Å². The van der Waals surface area contributed by atoms with Gasteiger partial charge in [0.1, 0.15) is 5.84 Å². The van der Waals surface area contributed by atoms with Crippen molar-refractivity contribution in [2.45, 2.75) is 37.4 Å². The summed E-state index contributed by atoms with van der Waals surface area (Å²) in [6, 6.07) is 7.98. The zero-order chi connectivity index (χ0) is 17.6. The van der Waals surface area contributed by atoms with E-state index in [-0.39, 0.29) is 5.84 Å². The molecule has 0 aliphatic carbocycles. The van der Waals surface area contributed by atoms with Gasteiger partial charge in [-0.1, -0.05) is 18.2 Å². The zero-order valence-corrected chi connectivity index (χ0v) is 13.6. The van der Waals surface area contributed by atoms with Crippen LogP contribution < -0.4 is 10.6 Å². The number of halogens is 2. The second-order valence-corrected chi connectivity index (χ2v) is 6.56. The van der Waals surface area contributed by atoms with Crippen LogP contribution in [0, 0.1) is 0 Å². The maximum Gasteiger partial charge on any atom is 0.294 e. The highest BCUT2D eigenvalue weighted by atomic mass is 19.3. The van der Waals surface area contributed by atoms with Crippen molar-refractivity contribution in [3.8, 4) is 0 Å². The summed E-state index contributed by atoms with van der Waals surface area (Å²) in [5.74, 6) is -2.99. The highest BCUT2D eigenvalue weighted by molar-refractivity contribution is 5.91. The van der Waals surface area contributed by atoms with Crippen LogP contribution in [0.25, 0.3) is 0 Å². The first kappa shape index (κ1) is 16.3. The number of aliphatic hydroxyl groups is 1. The van der Waals surface area contributed by atoms with Crippen molar-refractivity contribution in [3.63, 3.8) is 0 Å². The summed E-state index contributed by atoms with van der Waals surface area (Å²) < 4.78 is 34.6. The molecule has 134 valence electrons. The van der Waals surface area contributed by atoms with Crippen LogP contribution in [-0.2, 0) is 11.2 Å². The lowest BCUT2D eigenvalue weighted by Crippen LogP contribution is -2.48. The van der Waals surface area contributed by atoms with Gasteiger partial charge in [-0.3, -0.25) is 0 Å². The van der Waals surface area contributed by atoms with Crippen molar-refractivity contribution in [3.05, 3.63) is 42.1 Å². The molecule has 25 heavy (non-hydrogen) atoms. The van der Waals surface area contributed by atoms with Gasteiger partial charge in [-0.15, -0.1) is 0 Å². The summed E-state index contributed by atoms with van der Waals surface area (Å²) in [6.45, 7) is 1.19. The molecule has 3 N–H and O–H groups in total. The lowest BCUT2D eigenvalue weighted by Gasteiger charge is -2.34. The second-order valence-electron chi connectivity index (χ2n) is 6.56. The number of alkyl halides is 2. The van der Waals surface area contributed by atoms with Crippen molar-refractivity contribution in [1.82, 2.24) is 4.90 Å². The van der Waals surface area contributed by atoms with Crippen molar-refractivity contribution in [1.29, 1.82) is 0 Å². The van der Waals surface area contributed by atoms with Gasteiger partial charge in [0.25, 0.3) is 5.92 Å². The van der Waals surface area contributed by atoms with Gasteiger partial charge in [0.05, 0.1) is 6.10 Å². The van der Waals surface area contributed by atoms with Crippen LogP contribution in [0.4, 0.5) is 14.5 Å². The first-order chi connectivity index (χ1) is 11.9. The number of para-hydroxylation sites is 1. The fraction of sp³-hybridized carbons (Fsp3) is 0.471. The Morgan fingerprint density at radius 3 is 2.96 bits per heavy atom. The average Bonchev–Trinajstić information content (AvgIpc) is 3.09. The van der Waals surface area contributed by atoms with Crippen LogP contribution in [0.5, 0.6) is 0 Å².